The largest absolute Gasteiger partial charge is 0.309 e. The maximum absolute atomic E-state index is 5.29. The second-order valence-corrected chi connectivity index (χ2v) is 13.6. The van der Waals surface area contributed by atoms with Crippen molar-refractivity contribution in [2.75, 3.05) is 0 Å². The highest BCUT2D eigenvalue weighted by molar-refractivity contribution is 7.25. The molecule has 3 aromatic heterocycles. The molecule has 10 rings (SSSR count). The minimum absolute atomic E-state index is 0.742. The van der Waals surface area contributed by atoms with Gasteiger partial charge >= 0.3 is 0 Å². The van der Waals surface area contributed by atoms with Gasteiger partial charge in [-0.25, -0.2) is 9.97 Å². The first-order chi connectivity index (χ1) is 24.8. The molecule has 0 N–H and O–H groups in total. The lowest BCUT2D eigenvalue weighted by atomic mass is 9.95. The van der Waals surface area contributed by atoms with Crippen molar-refractivity contribution in [3.05, 3.63) is 176 Å². The van der Waals surface area contributed by atoms with Crippen LogP contribution in [-0.2, 0) is 0 Å². The van der Waals surface area contributed by atoms with E-state index in [1.807, 2.05) is 18.2 Å². The summed E-state index contributed by atoms with van der Waals surface area (Å²) in [5.74, 6) is 0.742. The zero-order chi connectivity index (χ0) is 33.0. The molecule has 0 atom stereocenters. The highest BCUT2D eigenvalue weighted by atomic mass is 32.1. The van der Waals surface area contributed by atoms with Crippen molar-refractivity contribution < 1.29 is 0 Å². The SMILES string of the molecule is c1ccc(-c2ccc3c(c2)c2c(-c4cccc(-c5nc(-c6ccccc6)nc6sc7ccccc7c56)c4)cccc2n3-c2ccccc2)cc1. The molecule has 4 heteroatoms. The number of rotatable bonds is 5. The molecule has 7 aromatic carbocycles. The Bertz CT molecular complexity index is 2850. The molecule has 3 heterocycles. The molecule has 0 aliphatic carbocycles. The highest BCUT2D eigenvalue weighted by Crippen LogP contribution is 2.43. The van der Waals surface area contributed by atoms with E-state index in [4.69, 9.17) is 9.97 Å². The molecule has 3 nitrogen and oxygen atoms in total. The molecule has 0 saturated heterocycles. The van der Waals surface area contributed by atoms with Gasteiger partial charge in [0.2, 0.25) is 0 Å². The van der Waals surface area contributed by atoms with E-state index in [0.717, 1.165) is 44.1 Å². The fraction of sp³-hybridized carbons (Fsp3) is 0. The van der Waals surface area contributed by atoms with Crippen molar-refractivity contribution in [1.82, 2.24) is 14.5 Å². The molecule has 234 valence electrons. The molecule has 0 fully saturated rings. The summed E-state index contributed by atoms with van der Waals surface area (Å²) in [4.78, 5) is 11.4. The predicted molar refractivity (Wildman–Crippen MR) is 211 cm³/mol. The second-order valence-electron chi connectivity index (χ2n) is 12.6. The van der Waals surface area contributed by atoms with Crippen LogP contribution in [0.2, 0.25) is 0 Å². The molecule has 0 aliphatic heterocycles. The average Bonchev–Trinajstić information content (AvgIpc) is 3.74. The Morgan fingerprint density at radius 3 is 1.92 bits per heavy atom. The van der Waals surface area contributed by atoms with E-state index >= 15 is 0 Å². The van der Waals surface area contributed by atoms with Gasteiger partial charge in [0.05, 0.1) is 16.7 Å². The van der Waals surface area contributed by atoms with Crippen LogP contribution in [0.3, 0.4) is 0 Å². The predicted octanol–water partition coefficient (Wildman–Crippen LogP) is 12.6. The Hall–Kier alpha value is -6.36. The lowest BCUT2D eigenvalue weighted by Gasteiger charge is -2.11. The molecule has 0 aliphatic rings. The minimum atomic E-state index is 0.742. The number of benzene rings is 7. The summed E-state index contributed by atoms with van der Waals surface area (Å²) in [6.45, 7) is 0. The Morgan fingerprint density at radius 1 is 0.420 bits per heavy atom. The first kappa shape index (κ1) is 28.6. The number of para-hydroxylation sites is 1. The van der Waals surface area contributed by atoms with Crippen LogP contribution in [0.4, 0.5) is 0 Å². The zero-order valence-corrected chi connectivity index (χ0v) is 27.8. The number of fused-ring (bicyclic) bond motifs is 6. The van der Waals surface area contributed by atoms with E-state index in [1.165, 1.54) is 48.6 Å². The molecule has 10 aromatic rings. The third kappa shape index (κ3) is 4.65. The molecule has 50 heavy (non-hydrogen) atoms. The van der Waals surface area contributed by atoms with Gasteiger partial charge in [-0.3, -0.25) is 0 Å². The standard InChI is InChI=1S/C46H29N3S/c1-4-14-30(15-5-1)32-26-27-39-38(29-32)42-36(23-13-24-40(42)49(39)35-20-8-3-9-21-35)33-18-12-19-34(28-33)44-43-37-22-10-11-25-41(37)50-46(43)48-45(47-44)31-16-6-2-7-17-31/h1-29H. The number of aromatic nitrogens is 3. The number of nitrogens with zero attached hydrogens (tertiary/aromatic N) is 3. The fourth-order valence-electron chi connectivity index (χ4n) is 7.36. The number of hydrogen-bond donors (Lipinski definition) is 0. The summed E-state index contributed by atoms with van der Waals surface area (Å²) in [5, 5.41) is 4.76. The van der Waals surface area contributed by atoms with Crippen LogP contribution in [0.25, 0.3) is 92.7 Å². The Balaban J connectivity index is 1.23. The Labute approximate surface area is 293 Å². The molecule has 0 saturated carbocycles. The molecule has 0 spiro atoms. The summed E-state index contributed by atoms with van der Waals surface area (Å²) >= 11 is 1.73. The van der Waals surface area contributed by atoms with Crippen LogP contribution in [0, 0.1) is 0 Å². The quantitative estimate of drug-likeness (QED) is 0.185. The molecule has 0 bridgehead atoms. The van der Waals surface area contributed by atoms with Gasteiger partial charge in [-0.15, -0.1) is 11.3 Å². The number of hydrogen-bond acceptors (Lipinski definition) is 3. The summed E-state index contributed by atoms with van der Waals surface area (Å²) in [7, 11) is 0. The normalized spacial score (nSPS) is 11.6. The molecule has 0 unspecified atom stereocenters. The van der Waals surface area contributed by atoms with Gasteiger partial charge in [-0.05, 0) is 64.7 Å². The van der Waals surface area contributed by atoms with Gasteiger partial charge in [0.15, 0.2) is 5.82 Å². The van der Waals surface area contributed by atoms with Crippen LogP contribution in [0.15, 0.2) is 176 Å². The van der Waals surface area contributed by atoms with Crippen LogP contribution < -0.4 is 0 Å². The molecule has 0 amide bonds. The maximum Gasteiger partial charge on any atom is 0.161 e. The van der Waals surface area contributed by atoms with Crippen molar-refractivity contribution in [3.8, 4) is 50.6 Å². The van der Waals surface area contributed by atoms with Gasteiger partial charge in [0.25, 0.3) is 0 Å². The van der Waals surface area contributed by atoms with Gasteiger partial charge in [0.1, 0.15) is 4.83 Å². The maximum atomic E-state index is 5.29. The molecular formula is C46H29N3S. The average molecular weight is 656 g/mol. The molecular weight excluding hydrogens is 627 g/mol. The van der Waals surface area contributed by atoms with E-state index < -0.39 is 0 Å². The highest BCUT2D eigenvalue weighted by Gasteiger charge is 2.20. The molecule has 0 radical (unpaired) electrons. The monoisotopic (exact) mass is 655 g/mol. The van der Waals surface area contributed by atoms with Crippen molar-refractivity contribution in [2.45, 2.75) is 0 Å². The lowest BCUT2D eigenvalue weighted by Crippen LogP contribution is -1.94. The smallest absolute Gasteiger partial charge is 0.161 e. The summed E-state index contributed by atoms with van der Waals surface area (Å²) in [6.07, 6.45) is 0. The third-order valence-corrected chi connectivity index (χ3v) is 10.7. The van der Waals surface area contributed by atoms with Crippen molar-refractivity contribution in [2.24, 2.45) is 0 Å². The van der Waals surface area contributed by atoms with Crippen molar-refractivity contribution >= 4 is 53.4 Å². The van der Waals surface area contributed by atoms with E-state index in [0.29, 0.717) is 0 Å². The Morgan fingerprint density at radius 2 is 1.10 bits per heavy atom. The Kier molecular flexibility index (Phi) is 6.68. The van der Waals surface area contributed by atoms with Gasteiger partial charge in [-0.2, -0.15) is 0 Å². The van der Waals surface area contributed by atoms with E-state index in [2.05, 4.69) is 162 Å². The summed E-state index contributed by atoms with van der Waals surface area (Å²) in [5.41, 5.74) is 11.3. The number of thiophene rings is 1. The second kappa shape index (κ2) is 11.7. The van der Waals surface area contributed by atoms with Crippen LogP contribution >= 0.6 is 11.3 Å². The fourth-order valence-corrected chi connectivity index (χ4v) is 8.43. The van der Waals surface area contributed by atoms with Crippen LogP contribution in [0.5, 0.6) is 0 Å². The van der Waals surface area contributed by atoms with Crippen LogP contribution in [0.1, 0.15) is 0 Å². The van der Waals surface area contributed by atoms with E-state index in [1.54, 1.807) is 11.3 Å². The summed E-state index contributed by atoms with van der Waals surface area (Å²) in [6, 6.07) is 62.6. The van der Waals surface area contributed by atoms with Gasteiger partial charge < -0.3 is 4.57 Å². The summed E-state index contributed by atoms with van der Waals surface area (Å²) < 4.78 is 3.61. The first-order valence-electron chi connectivity index (χ1n) is 16.8. The van der Waals surface area contributed by atoms with Gasteiger partial charge in [0, 0.05) is 43.1 Å². The van der Waals surface area contributed by atoms with Gasteiger partial charge in [-0.1, -0.05) is 133 Å². The zero-order valence-electron chi connectivity index (χ0n) is 27.0. The van der Waals surface area contributed by atoms with E-state index in [-0.39, 0.29) is 0 Å². The van der Waals surface area contributed by atoms with E-state index in [9.17, 15) is 0 Å². The topological polar surface area (TPSA) is 30.7 Å². The first-order valence-corrected chi connectivity index (χ1v) is 17.7. The van der Waals surface area contributed by atoms with Crippen molar-refractivity contribution in [1.29, 1.82) is 0 Å². The van der Waals surface area contributed by atoms with Crippen molar-refractivity contribution in [3.63, 3.8) is 0 Å². The van der Waals surface area contributed by atoms with Crippen LogP contribution in [-0.4, -0.2) is 14.5 Å². The third-order valence-electron chi connectivity index (χ3n) is 9.63. The lowest BCUT2D eigenvalue weighted by molar-refractivity contribution is 1.18. The minimum Gasteiger partial charge on any atom is -0.309 e.